The monoisotopic (exact) mass is 458 g/mol. The fourth-order valence-electron chi connectivity index (χ4n) is 4.47. The summed E-state index contributed by atoms with van der Waals surface area (Å²) in [6.07, 6.45) is 5.30. The number of hydrogen-bond donors (Lipinski definition) is 0. The second-order valence-electron chi connectivity index (χ2n) is 9.04. The third-order valence-electron chi connectivity index (χ3n) is 6.21. The maximum absolute atomic E-state index is 12.1. The van der Waals surface area contributed by atoms with Gasteiger partial charge in [0.05, 0.1) is 22.9 Å². The molecule has 0 spiro atoms. The minimum absolute atomic E-state index is 0.0824. The van der Waals surface area contributed by atoms with Crippen LogP contribution in [0.2, 0.25) is 0 Å². The summed E-state index contributed by atoms with van der Waals surface area (Å²) in [6.45, 7) is 6.98. The van der Waals surface area contributed by atoms with Crippen LogP contribution in [0.4, 0.5) is 4.79 Å². The molecule has 1 amide bonds. The van der Waals surface area contributed by atoms with Gasteiger partial charge in [-0.05, 0) is 63.3 Å². The lowest BCUT2D eigenvalue weighted by atomic mass is 9.89. The number of likely N-dealkylation sites (tertiary alicyclic amines) is 1. The molecule has 1 aromatic carbocycles. The Morgan fingerprint density at radius 1 is 1.22 bits per heavy atom. The highest BCUT2D eigenvalue weighted by atomic mass is 32.2. The van der Waals surface area contributed by atoms with Crippen LogP contribution < -0.4 is 4.74 Å². The zero-order valence-electron chi connectivity index (χ0n) is 19.0. The quantitative estimate of drug-likeness (QED) is 0.688. The third-order valence-corrected chi connectivity index (χ3v) is 7.32. The van der Waals surface area contributed by atoms with Crippen molar-refractivity contribution in [2.45, 2.75) is 57.1 Å². The largest absolute Gasteiger partial charge is 0.488 e. The lowest BCUT2D eigenvalue weighted by Crippen LogP contribution is -2.43. The Kier molecular flexibility index (Phi) is 6.16. The summed E-state index contributed by atoms with van der Waals surface area (Å²) < 4.78 is 35.2. The van der Waals surface area contributed by atoms with Crippen LogP contribution in [0.25, 0.3) is 11.3 Å². The number of sulfone groups is 1. The molecule has 0 saturated carbocycles. The van der Waals surface area contributed by atoms with Crippen molar-refractivity contribution in [3.8, 4) is 17.0 Å². The van der Waals surface area contributed by atoms with E-state index in [2.05, 4.69) is 4.98 Å². The molecular formula is C24H30N2O5S. The van der Waals surface area contributed by atoms with Crippen molar-refractivity contribution in [2.75, 3.05) is 19.3 Å². The van der Waals surface area contributed by atoms with Gasteiger partial charge >= 0.3 is 6.09 Å². The molecule has 1 fully saturated rings. The van der Waals surface area contributed by atoms with Crippen molar-refractivity contribution in [1.29, 1.82) is 0 Å². The van der Waals surface area contributed by atoms with Crippen LogP contribution >= 0.6 is 0 Å². The Morgan fingerprint density at radius 3 is 2.56 bits per heavy atom. The van der Waals surface area contributed by atoms with Crippen LogP contribution in [0.5, 0.6) is 5.75 Å². The van der Waals surface area contributed by atoms with Crippen LogP contribution in [-0.2, 0) is 21.0 Å². The summed E-state index contributed by atoms with van der Waals surface area (Å²) in [6, 6.07) is 7.19. The Bertz CT molecular complexity index is 1120. The molecule has 2 aliphatic rings. The number of rotatable bonds is 4. The zero-order chi connectivity index (χ0) is 23.0. The van der Waals surface area contributed by atoms with E-state index in [4.69, 9.17) is 9.47 Å². The normalized spacial score (nSPS) is 19.0. The number of fused-ring (bicyclic) bond motifs is 1. The summed E-state index contributed by atoms with van der Waals surface area (Å²) in [5.41, 5.74) is 3.72. The van der Waals surface area contributed by atoms with E-state index in [9.17, 15) is 13.2 Å². The molecule has 2 aromatic rings. The van der Waals surface area contributed by atoms with Crippen molar-refractivity contribution in [2.24, 2.45) is 5.92 Å². The Hall–Kier alpha value is -2.61. The first-order valence-electron chi connectivity index (χ1n) is 11.0. The van der Waals surface area contributed by atoms with Gasteiger partial charge in [0, 0.05) is 36.9 Å². The van der Waals surface area contributed by atoms with Gasteiger partial charge in [-0.25, -0.2) is 13.2 Å². The van der Waals surface area contributed by atoms with Crippen LogP contribution in [0.3, 0.4) is 0 Å². The fraction of sp³-hybridized carbons (Fsp3) is 0.500. The summed E-state index contributed by atoms with van der Waals surface area (Å²) in [5.74, 6) is 1.19. The molecule has 4 rings (SSSR count). The summed E-state index contributed by atoms with van der Waals surface area (Å²) in [7, 11) is -3.24. The molecule has 0 radical (unpaired) electrons. The average molecular weight is 459 g/mol. The Balaban J connectivity index is 1.43. The lowest BCUT2D eigenvalue weighted by Gasteiger charge is -2.34. The van der Waals surface area contributed by atoms with Crippen molar-refractivity contribution in [3.63, 3.8) is 0 Å². The number of aryl methyl sites for hydroxylation is 1. The summed E-state index contributed by atoms with van der Waals surface area (Å²) in [5, 5.41) is 0. The smallest absolute Gasteiger partial charge is 0.410 e. The van der Waals surface area contributed by atoms with E-state index in [1.807, 2.05) is 32.9 Å². The number of pyridine rings is 1. The lowest BCUT2D eigenvalue weighted by molar-refractivity contribution is 0.0502. The summed E-state index contributed by atoms with van der Waals surface area (Å²) in [4.78, 5) is 18.8. The molecule has 7 nitrogen and oxygen atoms in total. The van der Waals surface area contributed by atoms with E-state index < -0.39 is 9.84 Å². The van der Waals surface area contributed by atoms with E-state index in [-0.39, 0.29) is 18.3 Å². The van der Waals surface area contributed by atoms with Crippen molar-refractivity contribution in [1.82, 2.24) is 9.88 Å². The fourth-order valence-corrected chi connectivity index (χ4v) is 5.17. The molecule has 1 aromatic heterocycles. The molecule has 0 bridgehead atoms. The first-order valence-corrected chi connectivity index (χ1v) is 12.9. The highest BCUT2D eigenvalue weighted by Crippen LogP contribution is 2.37. The van der Waals surface area contributed by atoms with E-state index in [0.717, 1.165) is 47.4 Å². The first kappa shape index (κ1) is 22.6. The molecule has 3 heterocycles. The number of hydrogen-bond acceptors (Lipinski definition) is 6. The number of amides is 1. The number of nitrogens with zero attached hydrogens (tertiary/aromatic N) is 2. The molecule has 2 aliphatic heterocycles. The SMILES string of the molecule is Cc1cc(S(C)(=O)=O)ccc1-c1cc2c(cn1)OC(C1CCN(C(=O)OC(C)C)CC1)C2. The molecule has 172 valence electrons. The minimum Gasteiger partial charge on any atom is -0.488 e. The van der Waals surface area contributed by atoms with Crippen LogP contribution in [0, 0.1) is 12.8 Å². The number of carbonyl (C=O) groups is 1. The molecular weight excluding hydrogens is 428 g/mol. The van der Waals surface area contributed by atoms with Crippen LogP contribution in [0.1, 0.15) is 37.8 Å². The average Bonchev–Trinajstić information content (AvgIpc) is 3.16. The molecule has 1 unspecified atom stereocenters. The van der Waals surface area contributed by atoms with Gasteiger partial charge in [-0.3, -0.25) is 4.98 Å². The molecule has 32 heavy (non-hydrogen) atoms. The number of piperidine rings is 1. The third kappa shape index (κ3) is 4.75. The van der Waals surface area contributed by atoms with E-state index >= 15 is 0 Å². The second-order valence-corrected chi connectivity index (χ2v) is 11.1. The molecule has 8 heteroatoms. The highest BCUT2D eigenvalue weighted by Gasteiger charge is 2.34. The topological polar surface area (TPSA) is 85.8 Å². The standard InChI is InChI=1S/C24H30N2O5S/c1-15(2)30-24(27)26-9-7-17(8-10-26)22-13-18-12-21(25-14-23(18)31-22)20-6-5-19(11-16(20)3)32(4,28)29/h5-6,11-12,14-15,17,22H,7-10,13H2,1-4H3. The number of aromatic nitrogens is 1. The number of benzene rings is 1. The van der Waals surface area contributed by atoms with Gasteiger partial charge in [-0.2, -0.15) is 0 Å². The van der Waals surface area contributed by atoms with E-state index in [0.29, 0.717) is 23.9 Å². The van der Waals surface area contributed by atoms with Gasteiger partial charge in [-0.1, -0.05) is 6.07 Å². The van der Waals surface area contributed by atoms with Crippen molar-refractivity contribution in [3.05, 3.63) is 41.6 Å². The van der Waals surface area contributed by atoms with Gasteiger partial charge in [0.15, 0.2) is 9.84 Å². The van der Waals surface area contributed by atoms with Gasteiger partial charge < -0.3 is 14.4 Å². The zero-order valence-corrected chi connectivity index (χ0v) is 19.8. The highest BCUT2D eigenvalue weighted by molar-refractivity contribution is 7.90. The van der Waals surface area contributed by atoms with E-state index in [1.54, 1.807) is 23.2 Å². The summed E-state index contributed by atoms with van der Waals surface area (Å²) >= 11 is 0. The van der Waals surface area contributed by atoms with E-state index in [1.165, 1.54) is 6.26 Å². The molecule has 1 atom stereocenters. The van der Waals surface area contributed by atoms with Crippen LogP contribution in [-0.4, -0.2) is 55.9 Å². The predicted octanol–water partition coefficient (Wildman–Crippen LogP) is 4.02. The van der Waals surface area contributed by atoms with Gasteiger partial charge in [0.2, 0.25) is 0 Å². The van der Waals surface area contributed by atoms with Gasteiger partial charge in [0.25, 0.3) is 0 Å². The van der Waals surface area contributed by atoms with Crippen LogP contribution in [0.15, 0.2) is 35.4 Å². The second kappa shape index (κ2) is 8.73. The maximum Gasteiger partial charge on any atom is 0.410 e. The Morgan fingerprint density at radius 2 is 1.94 bits per heavy atom. The van der Waals surface area contributed by atoms with Gasteiger partial charge in [0.1, 0.15) is 11.9 Å². The van der Waals surface area contributed by atoms with Crippen molar-refractivity contribution < 1.29 is 22.7 Å². The Labute approximate surface area is 189 Å². The predicted molar refractivity (Wildman–Crippen MR) is 122 cm³/mol. The maximum atomic E-state index is 12.1. The molecule has 0 aliphatic carbocycles. The first-order chi connectivity index (χ1) is 15.1. The minimum atomic E-state index is -3.24. The number of ether oxygens (including phenoxy) is 2. The number of carbonyl (C=O) groups excluding carboxylic acids is 1. The van der Waals surface area contributed by atoms with Gasteiger partial charge in [-0.15, -0.1) is 0 Å². The molecule has 0 N–H and O–H groups in total. The molecule has 1 saturated heterocycles. The van der Waals surface area contributed by atoms with Crippen molar-refractivity contribution >= 4 is 15.9 Å².